The van der Waals surface area contributed by atoms with E-state index in [9.17, 15) is 13.2 Å². The van der Waals surface area contributed by atoms with E-state index < -0.39 is 9.84 Å². The van der Waals surface area contributed by atoms with E-state index in [1.165, 1.54) is 37.6 Å². The van der Waals surface area contributed by atoms with Gasteiger partial charge < -0.3 is 10.2 Å². The van der Waals surface area contributed by atoms with Crippen molar-refractivity contribution in [3.63, 3.8) is 0 Å². The van der Waals surface area contributed by atoms with E-state index in [-0.39, 0.29) is 11.7 Å². The lowest BCUT2D eigenvalue weighted by Gasteiger charge is -2.22. The van der Waals surface area contributed by atoms with Gasteiger partial charge in [-0.25, -0.2) is 8.42 Å². The highest BCUT2D eigenvalue weighted by Crippen LogP contribution is 2.22. The molecule has 1 aliphatic rings. The van der Waals surface area contributed by atoms with Crippen LogP contribution in [0.4, 0.5) is 11.4 Å². The van der Waals surface area contributed by atoms with Gasteiger partial charge in [-0.3, -0.25) is 4.79 Å². The zero-order valence-electron chi connectivity index (χ0n) is 15.6. The second kappa shape index (κ2) is 8.57. The largest absolute Gasteiger partial charge is 0.372 e. The fourth-order valence-corrected chi connectivity index (χ4v) is 4.18. The average molecular weight is 387 g/mol. The number of anilines is 2. The van der Waals surface area contributed by atoms with Crippen molar-refractivity contribution in [1.82, 2.24) is 0 Å². The molecule has 144 valence electrons. The topological polar surface area (TPSA) is 66.5 Å². The Bertz CT molecular complexity index is 884. The molecule has 0 saturated carbocycles. The van der Waals surface area contributed by atoms with Crippen LogP contribution in [0.5, 0.6) is 0 Å². The average Bonchev–Trinajstić information content (AvgIpc) is 2.90. The molecule has 6 heteroatoms. The maximum absolute atomic E-state index is 12.5. The molecule has 1 fully saturated rings. The fraction of sp³-hybridized carbons (Fsp3) is 0.381. The molecule has 1 aliphatic heterocycles. The monoisotopic (exact) mass is 386 g/mol. The van der Waals surface area contributed by atoms with Crippen LogP contribution in [0.3, 0.4) is 0 Å². The summed E-state index contributed by atoms with van der Waals surface area (Å²) in [5.41, 5.74) is 2.98. The molecule has 3 rings (SSSR count). The molecule has 5 nitrogen and oxygen atoms in total. The lowest BCUT2D eigenvalue weighted by Crippen LogP contribution is -2.23. The highest BCUT2D eigenvalue weighted by molar-refractivity contribution is 7.89. The number of nitrogens with one attached hydrogen (secondary N) is 1. The van der Waals surface area contributed by atoms with E-state index in [4.69, 9.17) is 0 Å². The molecule has 0 spiro atoms. The zero-order valence-corrected chi connectivity index (χ0v) is 16.5. The molecular formula is C21H26N2O3S. The predicted molar refractivity (Wildman–Crippen MR) is 110 cm³/mol. The van der Waals surface area contributed by atoms with Gasteiger partial charge in [0.2, 0.25) is 0 Å². The van der Waals surface area contributed by atoms with Crippen molar-refractivity contribution in [3.05, 3.63) is 59.7 Å². The highest BCUT2D eigenvalue weighted by atomic mass is 32.2. The third-order valence-electron chi connectivity index (χ3n) is 4.71. The molecule has 27 heavy (non-hydrogen) atoms. The van der Waals surface area contributed by atoms with E-state index in [1.54, 1.807) is 24.3 Å². The summed E-state index contributed by atoms with van der Waals surface area (Å²) in [6.45, 7) is 2.16. The smallest absolute Gasteiger partial charge is 0.255 e. The molecular weight excluding hydrogens is 360 g/mol. The van der Waals surface area contributed by atoms with Crippen molar-refractivity contribution >= 4 is 27.1 Å². The van der Waals surface area contributed by atoms with Crippen molar-refractivity contribution < 1.29 is 13.2 Å². The van der Waals surface area contributed by atoms with Crippen molar-refractivity contribution in [2.24, 2.45) is 0 Å². The first-order valence-corrected chi connectivity index (χ1v) is 11.4. The summed E-state index contributed by atoms with van der Waals surface area (Å²) in [7, 11) is -3.13. The van der Waals surface area contributed by atoms with E-state index in [0.29, 0.717) is 11.1 Å². The number of rotatable bonds is 5. The third kappa shape index (κ3) is 5.82. The minimum atomic E-state index is -3.13. The molecule has 2 aromatic carbocycles. The third-order valence-corrected chi connectivity index (χ3v) is 5.57. The summed E-state index contributed by atoms with van der Waals surface area (Å²) in [6, 6.07) is 14.7. The molecule has 0 aliphatic carbocycles. The van der Waals surface area contributed by atoms with Crippen molar-refractivity contribution in [2.75, 3.05) is 29.6 Å². The van der Waals surface area contributed by atoms with Crippen LogP contribution >= 0.6 is 0 Å². The summed E-state index contributed by atoms with van der Waals surface area (Å²) in [4.78, 5) is 14.9. The molecule has 1 heterocycles. The van der Waals surface area contributed by atoms with Gasteiger partial charge in [0.25, 0.3) is 5.91 Å². The van der Waals surface area contributed by atoms with Crippen LogP contribution < -0.4 is 10.2 Å². The molecule has 0 bridgehead atoms. The predicted octanol–water partition coefficient (Wildman–Crippen LogP) is 3.86. The van der Waals surface area contributed by atoms with Crippen LogP contribution in [0.15, 0.2) is 48.5 Å². The Morgan fingerprint density at radius 1 is 1.00 bits per heavy atom. The standard InChI is InChI=1S/C21H26N2O3S/c1-27(25,26)16-17-7-6-8-18(15-17)21(24)22-19-9-11-20(12-10-19)23-13-4-2-3-5-14-23/h6-12,15H,2-5,13-14,16H2,1H3,(H,22,24). The van der Waals surface area contributed by atoms with Gasteiger partial charge >= 0.3 is 0 Å². The van der Waals surface area contributed by atoms with Gasteiger partial charge in [0.15, 0.2) is 9.84 Å². The molecule has 1 amide bonds. The molecule has 0 unspecified atom stereocenters. The van der Waals surface area contributed by atoms with Crippen molar-refractivity contribution in [3.8, 4) is 0 Å². The molecule has 1 N–H and O–H groups in total. The fourth-order valence-electron chi connectivity index (χ4n) is 3.39. The van der Waals surface area contributed by atoms with Gasteiger partial charge in [-0.1, -0.05) is 25.0 Å². The van der Waals surface area contributed by atoms with Crippen LogP contribution in [0.1, 0.15) is 41.6 Å². The van der Waals surface area contributed by atoms with Crippen LogP contribution in [-0.2, 0) is 15.6 Å². The Hall–Kier alpha value is -2.34. The van der Waals surface area contributed by atoms with Gasteiger partial charge in [-0.05, 0) is 54.8 Å². The van der Waals surface area contributed by atoms with E-state index in [2.05, 4.69) is 10.2 Å². The lowest BCUT2D eigenvalue weighted by molar-refractivity contribution is 0.102. The summed E-state index contributed by atoms with van der Waals surface area (Å²) in [5, 5.41) is 2.88. The first-order chi connectivity index (χ1) is 12.9. The first-order valence-electron chi connectivity index (χ1n) is 9.34. The summed E-state index contributed by atoms with van der Waals surface area (Å²) < 4.78 is 22.9. The quantitative estimate of drug-likeness (QED) is 0.847. The number of hydrogen-bond acceptors (Lipinski definition) is 4. The van der Waals surface area contributed by atoms with Gasteiger partial charge in [-0.2, -0.15) is 0 Å². The van der Waals surface area contributed by atoms with Crippen molar-refractivity contribution in [1.29, 1.82) is 0 Å². The molecule has 0 radical (unpaired) electrons. The number of carbonyl (C=O) groups is 1. The van der Waals surface area contributed by atoms with Gasteiger partial charge in [0.1, 0.15) is 0 Å². The van der Waals surface area contributed by atoms with E-state index in [0.717, 1.165) is 18.8 Å². The summed E-state index contributed by atoms with van der Waals surface area (Å²) in [5.74, 6) is -0.313. The Morgan fingerprint density at radius 2 is 1.67 bits per heavy atom. The van der Waals surface area contributed by atoms with E-state index >= 15 is 0 Å². The normalized spacial score (nSPS) is 15.2. The van der Waals surface area contributed by atoms with E-state index in [1.807, 2.05) is 24.3 Å². The number of carbonyl (C=O) groups excluding carboxylic acids is 1. The molecule has 0 aromatic heterocycles. The number of benzene rings is 2. The van der Waals surface area contributed by atoms with Crippen LogP contribution in [-0.4, -0.2) is 33.7 Å². The number of hydrogen-bond donors (Lipinski definition) is 1. The van der Waals surface area contributed by atoms with Gasteiger partial charge in [0.05, 0.1) is 5.75 Å². The lowest BCUT2D eigenvalue weighted by atomic mass is 10.1. The number of sulfone groups is 1. The van der Waals surface area contributed by atoms with Crippen LogP contribution in [0, 0.1) is 0 Å². The minimum Gasteiger partial charge on any atom is -0.372 e. The molecule has 1 saturated heterocycles. The Kier molecular flexibility index (Phi) is 6.16. The van der Waals surface area contributed by atoms with Crippen LogP contribution in [0.2, 0.25) is 0 Å². The zero-order chi connectivity index (χ0) is 19.3. The summed E-state index contributed by atoms with van der Waals surface area (Å²) >= 11 is 0. The second-order valence-electron chi connectivity index (χ2n) is 7.17. The maximum atomic E-state index is 12.5. The maximum Gasteiger partial charge on any atom is 0.255 e. The Labute approximate surface area is 161 Å². The van der Waals surface area contributed by atoms with Gasteiger partial charge in [0, 0.05) is 36.3 Å². The summed E-state index contributed by atoms with van der Waals surface area (Å²) in [6.07, 6.45) is 6.22. The first kappa shape index (κ1) is 19.4. The van der Waals surface area contributed by atoms with Crippen molar-refractivity contribution in [2.45, 2.75) is 31.4 Å². The van der Waals surface area contributed by atoms with Crippen LogP contribution in [0.25, 0.3) is 0 Å². The Balaban J connectivity index is 1.66. The second-order valence-corrected chi connectivity index (χ2v) is 9.31. The molecule has 0 atom stereocenters. The van der Waals surface area contributed by atoms with Gasteiger partial charge in [-0.15, -0.1) is 0 Å². The SMILES string of the molecule is CS(=O)(=O)Cc1cccc(C(=O)Nc2ccc(N3CCCCCC3)cc2)c1. The number of amides is 1. The number of nitrogens with zero attached hydrogens (tertiary/aromatic N) is 1. The Morgan fingerprint density at radius 3 is 2.30 bits per heavy atom. The minimum absolute atomic E-state index is 0.0708. The highest BCUT2D eigenvalue weighted by Gasteiger charge is 2.12. The molecule has 2 aromatic rings.